The van der Waals surface area contributed by atoms with E-state index in [0.29, 0.717) is 29.9 Å². The second kappa shape index (κ2) is 11.7. The molecular weight excluding hydrogens is 506 g/mol. The van der Waals surface area contributed by atoms with Crippen molar-refractivity contribution in [3.8, 4) is 0 Å². The molecule has 3 heterocycles. The van der Waals surface area contributed by atoms with E-state index in [1.807, 2.05) is 6.07 Å². The van der Waals surface area contributed by atoms with Gasteiger partial charge in [-0.15, -0.1) is 5.48 Å². The molecule has 40 heavy (non-hydrogen) atoms. The number of methoxy groups -OCH3 is 1. The van der Waals surface area contributed by atoms with E-state index in [1.54, 1.807) is 7.11 Å². The number of imidazole rings is 1. The highest BCUT2D eigenvalue weighted by molar-refractivity contribution is 5.84. The molecule has 10 heteroatoms. The predicted octanol–water partition coefficient (Wildman–Crippen LogP) is 5.27. The number of aromatic nitrogens is 4. The molecule has 214 valence electrons. The summed E-state index contributed by atoms with van der Waals surface area (Å²) in [4.78, 5) is 31.8. The first-order valence-electron chi connectivity index (χ1n) is 14.8. The van der Waals surface area contributed by atoms with Crippen molar-refractivity contribution in [3.05, 3.63) is 47.5 Å². The number of anilines is 1. The van der Waals surface area contributed by atoms with E-state index >= 15 is 0 Å². The van der Waals surface area contributed by atoms with Crippen molar-refractivity contribution in [3.63, 3.8) is 0 Å². The molecule has 3 aromatic rings. The van der Waals surface area contributed by atoms with Crippen LogP contribution in [0, 0.1) is 17.8 Å². The fraction of sp³-hybridized carbons (Fsp3) is 0.600. The number of hydrogen-bond donors (Lipinski definition) is 3. The number of nitrogens with zero attached hydrogens (tertiary/aromatic N) is 4. The van der Waals surface area contributed by atoms with Gasteiger partial charge < -0.3 is 19.5 Å². The topological polar surface area (TPSA) is 115 Å². The predicted molar refractivity (Wildman–Crippen MR) is 153 cm³/mol. The van der Waals surface area contributed by atoms with Crippen LogP contribution in [-0.4, -0.2) is 45.4 Å². The first-order chi connectivity index (χ1) is 19.5. The molecule has 0 bridgehead atoms. The number of hydrogen-bond acceptors (Lipinski definition) is 8. The third kappa shape index (κ3) is 5.51. The lowest BCUT2D eigenvalue weighted by atomic mass is 9.80. The molecule has 1 saturated heterocycles. The maximum atomic E-state index is 11.8. The van der Waals surface area contributed by atoms with Crippen LogP contribution in [0.4, 0.5) is 10.6 Å². The van der Waals surface area contributed by atoms with E-state index in [1.165, 1.54) is 44.9 Å². The molecule has 10 nitrogen and oxygen atoms in total. The molecule has 0 radical (unpaired) electrons. The second-order valence-corrected chi connectivity index (χ2v) is 11.9. The normalized spacial score (nSPS) is 24.8. The Morgan fingerprint density at radius 3 is 2.52 bits per heavy atom. The average molecular weight is 548 g/mol. The van der Waals surface area contributed by atoms with Gasteiger partial charge >= 0.3 is 6.09 Å². The number of benzene rings is 1. The lowest BCUT2D eigenvalue weighted by Crippen LogP contribution is -2.32. The number of hydroxylamine groups is 1. The quantitative estimate of drug-likeness (QED) is 0.314. The fourth-order valence-electron chi connectivity index (χ4n) is 6.37. The van der Waals surface area contributed by atoms with Crippen molar-refractivity contribution in [2.75, 3.05) is 19.0 Å². The molecule has 6 rings (SSSR count). The smallest absolute Gasteiger partial charge is 0.384 e. The van der Waals surface area contributed by atoms with Gasteiger partial charge in [0, 0.05) is 19.7 Å². The van der Waals surface area contributed by atoms with E-state index in [9.17, 15) is 4.79 Å². The minimum Gasteiger partial charge on any atom is -0.384 e. The zero-order valence-electron chi connectivity index (χ0n) is 23.7. The third-order valence-corrected chi connectivity index (χ3v) is 9.08. The molecule has 1 amide bonds. The Bertz CT molecular complexity index is 1320. The second-order valence-electron chi connectivity index (χ2n) is 11.9. The summed E-state index contributed by atoms with van der Waals surface area (Å²) in [6, 6.07) is 10.7. The van der Waals surface area contributed by atoms with Gasteiger partial charge in [-0.2, -0.15) is 0 Å². The summed E-state index contributed by atoms with van der Waals surface area (Å²) in [6.07, 6.45) is 7.44. The summed E-state index contributed by atoms with van der Waals surface area (Å²) in [6.45, 7) is 5.96. The number of carbonyl (C=O) groups excluding carboxylic acids is 1. The maximum Gasteiger partial charge on any atom is 0.427 e. The Morgan fingerprint density at radius 1 is 1.10 bits per heavy atom. The largest absolute Gasteiger partial charge is 0.427 e. The summed E-state index contributed by atoms with van der Waals surface area (Å²) in [5.41, 5.74) is 5.40. The number of nitrogens with one attached hydrogen (secondary N) is 3. The zero-order valence-corrected chi connectivity index (χ0v) is 23.7. The minimum absolute atomic E-state index is 0.0593. The van der Waals surface area contributed by atoms with Crippen molar-refractivity contribution in [1.82, 2.24) is 30.3 Å². The molecule has 3 fully saturated rings. The van der Waals surface area contributed by atoms with E-state index in [2.05, 4.69) is 58.8 Å². The molecule has 2 aliphatic carbocycles. The molecule has 3 atom stereocenters. The van der Waals surface area contributed by atoms with Gasteiger partial charge in [-0.05, 0) is 55.9 Å². The molecule has 3 aliphatic rings. The van der Waals surface area contributed by atoms with Gasteiger partial charge in [0.15, 0.2) is 23.5 Å². The Morgan fingerprint density at radius 2 is 1.88 bits per heavy atom. The monoisotopic (exact) mass is 547 g/mol. The average Bonchev–Trinajstić information content (AvgIpc) is 3.51. The summed E-state index contributed by atoms with van der Waals surface area (Å²) in [5.74, 6) is 4.02. The van der Waals surface area contributed by atoms with E-state index in [0.717, 1.165) is 35.2 Å². The van der Waals surface area contributed by atoms with Gasteiger partial charge in [0.05, 0.1) is 12.5 Å². The highest BCUT2D eigenvalue weighted by Crippen LogP contribution is 2.37. The number of ether oxygens (including phenoxy) is 1. The Labute approximate surface area is 235 Å². The number of amides is 1. The summed E-state index contributed by atoms with van der Waals surface area (Å²) in [7, 11) is 1.74. The van der Waals surface area contributed by atoms with Crippen LogP contribution in [0.3, 0.4) is 0 Å². The minimum atomic E-state index is -0.645. The van der Waals surface area contributed by atoms with Crippen LogP contribution in [0.2, 0.25) is 0 Å². The van der Waals surface area contributed by atoms with Crippen LogP contribution in [0.25, 0.3) is 11.2 Å². The first kappa shape index (κ1) is 27.0. The first-order valence-corrected chi connectivity index (χ1v) is 14.8. The van der Waals surface area contributed by atoms with Crippen LogP contribution in [0.5, 0.6) is 0 Å². The third-order valence-electron chi connectivity index (χ3n) is 9.08. The molecular formula is C30H41N7O3. The van der Waals surface area contributed by atoms with E-state index in [-0.39, 0.29) is 12.0 Å². The SMILES string of the molecule is COCC(c1ccccc1)c1nc2nc(C3NOC(=O)N3)nc(N[C@H](C)C3CCC3)c2n1CC1CCC(C)CC1. The molecule has 0 spiro atoms. The number of rotatable bonds is 10. The summed E-state index contributed by atoms with van der Waals surface area (Å²) < 4.78 is 8.12. The van der Waals surface area contributed by atoms with Gasteiger partial charge in [-0.3, -0.25) is 5.32 Å². The molecule has 1 aliphatic heterocycles. The maximum absolute atomic E-state index is 11.8. The van der Waals surface area contributed by atoms with Gasteiger partial charge in [-0.1, -0.05) is 56.5 Å². The van der Waals surface area contributed by atoms with E-state index in [4.69, 9.17) is 24.5 Å². The highest BCUT2D eigenvalue weighted by Gasteiger charge is 2.33. The molecule has 2 unspecified atom stereocenters. The number of carbonyl (C=O) groups is 1. The van der Waals surface area contributed by atoms with Crippen LogP contribution >= 0.6 is 0 Å². The van der Waals surface area contributed by atoms with Gasteiger partial charge in [0.25, 0.3) is 0 Å². The van der Waals surface area contributed by atoms with Crippen molar-refractivity contribution in [2.24, 2.45) is 17.8 Å². The molecule has 3 N–H and O–H groups in total. The zero-order chi connectivity index (χ0) is 27.6. The van der Waals surface area contributed by atoms with Crippen molar-refractivity contribution in [1.29, 1.82) is 0 Å². The lowest BCUT2D eigenvalue weighted by Gasteiger charge is -2.32. The molecule has 2 saturated carbocycles. The summed E-state index contributed by atoms with van der Waals surface area (Å²) >= 11 is 0. The van der Waals surface area contributed by atoms with Gasteiger partial charge in [0.1, 0.15) is 11.3 Å². The van der Waals surface area contributed by atoms with E-state index < -0.39 is 12.3 Å². The van der Waals surface area contributed by atoms with Crippen LogP contribution in [-0.2, 0) is 16.1 Å². The van der Waals surface area contributed by atoms with Crippen LogP contribution < -0.4 is 16.1 Å². The fourth-order valence-corrected chi connectivity index (χ4v) is 6.37. The van der Waals surface area contributed by atoms with Gasteiger partial charge in [-0.25, -0.2) is 19.7 Å². The van der Waals surface area contributed by atoms with Crippen LogP contribution in [0.15, 0.2) is 30.3 Å². The van der Waals surface area contributed by atoms with Gasteiger partial charge in [0.2, 0.25) is 0 Å². The molecule has 2 aromatic heterocycles. The lowest BCUT2D eigenvalue weighted by molar-refractivity contribution is 0.120. The summed E-state index contributed by atoms with van der Waals surface area (Å²) in [5, 5.41) is 6.49. The van der Waals surface area contributed by atoms with Crippen molar-refractivity contribution >= 4 is 23.1 Å². The number of fused-ring (bicyclic) bond motifs is 1. The highest BCUT2D eigenvalue weighted by atomic mass is 16.7. The Balaban J connectivity index is 1.49. The Kier molecular flexibility index (Phi) is 7.89. The van der Waals surface area contributed by atoms with Crippen molar-refractivity contribution < 1.29 is 14.4 Å². The molecule has 1 aromatic carbocycles. The Hall–Kier alpha value is -3.24. The standard InChI is InChI=1S/C30H41N7O3/c1-18-12-14-20(15-13-18)16-37-24-25(31-19(2)21-10-7-11-21)32-27(28-35-30(38)40-36-28)33-26(24)34-29(37)23(17-39-3)22-8-5-4-6-9-22/h4-6,8-9,18-21,23,28,36H,7,10-17H2,1-3H3,(H,35,38)(H,31,32,33)/t18?,19-,20?,23?,28?/m1/s1. The van der Waals surface area contributed by atoms with Crippen LogP contribution in [0.1, 0.15) is 88.1 Å². The van der Waals surface area contributed by atoms with Crippen molar-refractivity contribution in [2.45, 2.75) is 83.5 Å².